The van der Waals surface area contributed by atoms with Gasteiger partial charge in [0.15, 0.2) is 18.1 Å². The number of piperidine rings is 1. The molecule has 9 nitrogen and oxygen atoms in total. The Bertz CT molecular complexity index is 740. The van der Waals surface area contributed by atoms with E-state index in [2.05, 4.69) is 0 Å². The van der Waals surface area contributed by atoms with Crippen molar-refractivity contribution in [3.8, 4) is 11.5 Å². The fourth-order valence-electron chi connectivity index (χ4n) is 3.48. The summed E-state index contributed by atoms with van der Waals surface area (Å²) in [7, 11) is 1.36. The van der Waals surface area contributed by atoms with Gasteiger partial charge in [0.05, 0.1) is 24.7 Å². The van der Waals surface area contributed by atoms with Crippen LogP contribution in [0.25, 0.3) is 0 Å². The fraction of sp³-hybridized carbons (Fsp3) is 0.579. The van der Waals surface area contributed by atoms with E-state index in [0.29, 0.717) is 0 Å². The first kappa shape index (κ1) is 21.5. The van der Waals surface area contributed by atoms with Crippen molar-refractivity contribution in [1.29, 1.82) is 0 Å². The van der Waals surface area contributed by atoms with Gasteiger partial charge in [0.2, 0.25) is 0 Å². The predicted octanol–water partition coefficient (Wildman–Crippen LogP) is 2.95. The van der Waals surface area contributed by atoms with E-state index in [0.717, 1.165) is 25.3 Å². The summed E-state index contributed by atoms with van der Waals surface area (Å²) < 4.78 is 15.6. The number of nitro groups is 1. The van der Waals surface area contributed by atoms with Crippen molar-refractivity contribution >= 4 is 17.6 Å². The topological polar surface area (TPSA) is 108 Å². The zero-order chi connectivity index (χ0) is 20.8. The van der Waals surface area contributed by atoms with Gasteiger partial charge < -0.3 is 19.1 Å². The lowest BCUT2D eigenvalue weighted by molar-refractivity contribution is -0.385. The van der Waals surface area contributed by atoms with Crippen molar-refractivity contribution in [1.82, 2.24) is 4.90 Å². The van der Waals surface area contributed by atoms with E-state index in [4.69, 9.17) is 14.2 Å². The molecule has 0 N–H and O–H groups in total. The van der Waals surface area contributed by atoms with Crippen molar-refractivity contribution < 1.29 is 28.7 Å². The second-order valence-corrected chi connectivity index (χ2v) is 6.72. The summed E-state index contributed by atoms with van der Waals surface area (Å²) in [6, 6.07) is 2.45. The molecule has 1 aliphatic rings. The standard InChI is InChI=1S/C19H26N2O7/c1-5-27-17-10-15(21(24)25)14(9-16(17)26-4)19(23)28-11-18(22)20-12(2)7-6-8-13(20)3/h9-10,12-13H,5-8,11H2,1-4H3/t12-,13+. The highest BCUT2D eigenvalue weighted by molar-refractivity contribution is 5.96. The minimum atomic E-state index is -0.960. The number of hydrogen-bond donors (Lipinski definition) is 0. The van der Waals surface area contributed by atoms with Crippen molar-refractivity contribution in [2.75, 3.05) is 20.3 Å². The Morgan fingerprint density at radius 3 is 2.39 bits per heavy atom. The van der Waals surface area contributed by atoms with Crippen molar-refractivity contribution in [2.45, 2.75) is 52.1 Å². The molecule has 1 aromatic carbocycles. The molecule has 0 saturated carbocycles. The molecule has 28 heavy (non-hydrogen) atoms. The first-order chi connectivity index (χ1) is 13.3. The number of amides is 1. The second kappa shape index (κ2) is 9.38. The number of carbonyl (C=O) groups excluding carboxylic acids is 2. The molecule has 1 fully saturated rings. The number of esters is 1. The third-order valence-corrected chi connectivity index (χ3v) is 4.81. The van der Waals surface area contributed by atoms with Crippen molar-refractivity contribution in [3.63, 3.8) is 0 Å². The van der Waals surface area contributed by atoms with Gasteiger partial charge in [-0.1, -0.05) is 0 Å². The van der Waals surface area contributed by atoms with Gasteiger partial charge in [-0.15, -0.1) is 0 Å². The van der Waals surface area contributed by atoms with Gasteiger partial charge in [0, 0.05) is 18.2 Å². The van der Waals surface area contributed by atoms with Crippen LogP contribution in [0, 0.1) is 10.1 Å². The largest absolute Gasteiger partial charge is 0.493 e. The van der Waals surface area contributed by atoms with Crippen LogP contribution in [-0.2, 0) is 9.53 Å². The molecule has 154 valence electrons. The normalized spacial score (nSPS) is 19.1. The smallest absolute Gasteiger partial charge is 0.345 e. The van der Waals surface area contributed by atoms with Gasteiger partial charge in [0.1, 0.15) is 5.56 Å². The molecule has 1 aromatic rings. The minimum Gasteiger partial charge on any atom is -0.493 e. The Balaban J connectivity index is 2.18. The predicted molar refractivity (Wildman–Crippen MR) is 101 cm³/mol. The molecule has 0 aromatic heterocycles. The number of nitro benzene ring substituents is 1. The summed E-state index contributed by atoms with van der Waals surface area (Å²) in [5, 5.41) is 11.4. The molecule has 1 heterocycles. The maximum Gasteiger partial charge on any atom is 0.345 e. The molecule has 1 saturated heterocycles. The van der Waals surface area contributed by atoms with Crippen LogP contribution in [0.4, 0.5) is 5.69 Å². The number of likely N-dealkylation sites (tertiary alicyclic amines) is 1. The van der Waals surface area contributed by atoms with E-state index in [1.165, 1.54) is 13.2 Å². The fourth-order valence-corrected chi connectivity index (χ4v) is 3.48. The number of ether oxygens (including phenoxy) is 3. The molecule has 2 rings (SSSR count). The Labute approximate surface area is 163 Å². The quantitative estimate of drug-likeness (QED) is 0.397. The van der Waals surface area contributed by atoms with Gasteiger partial charge >= 0.3 is 5.97 Å². The highest BCUT2D eigenvalue weighted by Crippen LogP contribution is 2.35. The zero-order valence-electron chi connectivity index (χ0n) is 16.6. The van der Waals surface area contributed by atoms with E-state index in [-0.39, 0.29) is 41.7 Å². The maximum atomic E-state index is 12.5. The summed E-state index contributed by atoms with van der Waals surface area (Å²) in [4.78, 5) is 37.4. The van der Waals surface area contributed by atoms with Gasteiger partial charge in [-0.25, -0.2) is 4.79 Å². The van der Waals surface area contributed by atoms with Crippen LogP contribution in [0.15, 0.2) is 12.1 Å². The average molecular weight is 394 g/mol. The van der Waals surface area contributed by atoms with Crippen LogP contribution in [0.3, 0.4) is 0 Å². The molecule has 0 bridgehead atoms. The van der Waals surface area contributed by atoms with E-state index >= 15 is 0 Å². The molecule has 0 unspecified atom stereocenters. The number of hydrogen-bond acceptors (Lipinski definition) is 7. The van der Waals surface area contributed by atoms with Crippen LogP contribution in [0.2, 0.25) is 0 Å². The Morgan fingerprint density at radius 2 is 1.86 bits per heavy atom. The molecule has 1 amide bonds. The maximum absolute atomic E-state index is 12.5. The summed E-state index contributed by atoms with van der Waals surface area (Å²) in [5.74, 6) is -0.948. The zero-order valence-corrected chi connectivity index (χ0v) is 16.6. The number of benzene rings is 1. The Morgan fingerprint density at radius 1 is 1.21 bits per heavy atom. The van der Waals surface area contributed by atoms with Crippen molar-refractivity contribution in [3.05, 3.63) is 27.8 Å². The molecule has 0 aliphatic carbocycles. The second-order valence-electron chi connectivity index (χ2n) is 6.72. The highest BCUT2D eigenvalue weighted by atomic mass is 16.6. The lowest BCUT2D eigenvalue weighted by atomic mass is 9.97. The van der Waals surface area contributed by atoms with Crippen LogP contribution in [0.1, 0.15) is 50.4 Å². The van der Waals surface area contributed by atoms with E-state index in [1.54, 1.807) is 11.8 Å². The van der Waals surface area contributed by atoms with Crippen LogP contribution >= 0.6 is 0 Å². The summed E-state index contributed by atoms with van der Waals surface area (Å²) >= 11 is 0. The Hall–Kier alpha value is -2.84. The van der Waals surface area contributed by atoms with Gasteiger partial charge in [0.25, 0.3) is 11.6 Å². The number of carbonyl (C=O) groups is 2. The molecule has 2 atom stereocenters. The Kier molecular flexibility index (Phi) is 7.19. The summed E-state index contributed by atoms with van der Waals surface area (Å²) in [6.07, 6.45) is 2.83. The van der Waals surface area contributed by atoms with Gasteiger partial charge in [-0.3, -0.25) is 14.9 Å². The summed E-state index contributed by atoms with van der Waals surface area (Å²) in [5.41, 5.74) is -0.765. The first-order valence-corrected chi connectivity index (χ1v) is 9.27. The monoisotopic (exact) mass is 394 g/mol. The van der Waals surface area contributed by atoms with Crippen LogP contribution in [0.5, 0.6) is 11.5 Å². The number of nitrogens with zero attached hydrogens (tertiary/aromatic N) is 2. The van der Waals surface area contributed by atoms with E-state index in [9.17, 15) is 19.7 Å². The minimum absolute atomic E-state index is 0.0647. The molecule has 9 heteroatoms. The highest BCUT2D eigenvalue weighted by Gasteiger charge is 2.31. The third kappa shape index (κ3) is 4.71. The number of methoxy groups -OCH3 is 1. The average Bonchev–Trinajstić information content (AvgIpc) is 2.65. The molecule has 0 radical (unpaired) electrons. The van der Waals surface area contributed by atoms with Crippen LogP contribution < -0.4 is 9.47 Å². The third-order valence-electron chi connectivity index (χ3n) is 4.81. The summed E-state index contributed by atoms with van der Waals surface area (Å²) in [6.45, 7) is 5.44. The van der Waals surface area contributed by atoms with Gasteiger partial charge in [-0.05, 0) is 40.0 Å². The van der Waals surface area contributed by atoms with Gasteiger partial charge in [-0.2, -0.15) is 0 Å². The first-order valence-electron chi connectivity index (χ1n) is 9.27. The van der Waals surface area contributed by atoms with E-state index < -0.39 is 23.2 Å². The lowest BCUT2D eigenvalue weighted by Gasteiger charge is -2.38. The van der Waals surface area contributed by atoms with E-state index in [1.807, 2.05) is 13.8 Å². The number of rotatable bonds is 7. The SMILES string of the molecule is CCOc1cc([N+](=O)[O-])c(C(=O)OCC(=O)N2[C@H](C)CCC[C@@H]2C)cc1OC. The molecular formula is C19H26N2O7. The molecule has 1 aliphatic heterocycles. The van der Waals surface area contributed by atoms with Crippen molar-refractivity contribution in [2.24, 2.45) is 0 Å². The lowest BCUT2D eigenvalue weighted by Crippen LogP contribution is -2.49. The van der Waals surface area contributed by atoms with Crippen LogP contribution in [-0.4, -0.2) is 54.1 Å². The molecular weight excluding hydrogens is 368 g/mol. The molecule has 0 spiro atoms.